The van der Waals surface area contributed by atoms with E-state index in [-0.39, 0.29) is 18.5 Å². The molecule has 0 aliphatic rings. The Balaban J connectivity index is 2.95. The molecule has 0 unspecified atom stereocenters. The van der Waals surface area contributed by atoms with Crippen molar-refractivity contribution in [3.05, 3.63) is 35.1 Å². The van der Waals surface area contributed by atoms with E-state index < -0.39 is 0 Å². The minimum absolute atomic E-state index is 0.123. The van der Waals surface area contributed by atoms with Gasteiger partial charge < -0.3 is 10.8 Å². The highest BCUT2D eigenvalue weighted by Crippen LogP contribution is 2.17. The summed E-state index contributed by atoms with van der Waals surface area (Å²) in [5.74, 6) is -0.385. The summed E-state index contributed by atoms with van der Waals surface area (Å²) in [5.41, 5.74) is 6.81. The number of hydrogen-bond donors (Lipinski definition) is 2. The van der Waals surface area contributed by atoms with Crippen LogP contribution in [0.2, 0.25) is 0 Å². The fraction of sp³-hybridized carbons (Fsp3) is 0.400. The van der Waals surface area contributed by atoms with Gasteiger partial charge in [-0.2, -0.15) is 0 Å². The van der Waals surface area contributed by atoms with Crippen molar-refractivity contribution < 1.29 is 9.50 Å². The van der Waals surface area contributed by atoms with Crippen LogP contribution < -0.4 is 5.73 Å². The Morgan fingerprint density at radius 3 is 2.69 bits per heavy atom. The minimum Gasteiger partial charge on any atom is -0.392 e. The summed E-state index contributed by atoms with van der Waals surface area (Å²) in [5, 5.41) is 8.73. The Kier molecular flexibility index (Phi) is 3.39. The van der Waals surface area contributed by atoms with Gasteiger partial charge in [0.1, 0.15) is 5.82 Å². The lowest BCUT2D eigenvalue weighted by Gasteiger charge is -2.09. The van der Waals surface area contributed by atoms with E-state index in [4.69, 9.17) is 10.8 Å². The molecule has 0 amide bonds. The van der Waals surface area contributed by atoms with Crippen molar-refractivity contribution in [2.45, 2.75) is 26.0 Å². The average Bonchev–Trinajstić information content (AvgIpc) is 2.16. The predicted octanol–water partition coefficient (Wildman–Crippen LogP) is 1.73. The molecular formula is C10H14FNO. The van der Waals surface area contributed by atoms with Gasteiger partial charge >= 0.3 is 0 Å². The van der Waals surface area contributed by atoms with Gasteiger partial charge in [0, 0.05) is 11.6 Å². The van der Waals surface area contributed by atoms with Gasteiger partial charge in [-0.15, -0.1) is 0 Å². The maximum atomic E-state index is 13.1. The van der Waals surface area contributed by atoms with E-state index in [1.807, 2.05) is 6.92 Å². The first-order valence-corrected chi connectivity index (χ1v) is 4.33. The van der Waals surface area contributed by atoms with Crippen LogP contribution in [0.4, 0.5) is 4.39 Å². The van der Waals surface area contributed by atoms with Gasteiger partial charge in [-0.05, 0) is 18.1 Å². The number of aliphatic hydroxyl groups is 1. The summed E-state index contributed by atoms with van der Waals surface area (Å²) in [7, 11) is 0. The fourth-order valence-electron chi connectivity index (χ4n) is 1.16. The maximum absolute atomic E-state index is 13.1. The third-order valence-electron chi connectivity index (χ3n) is 2.12. The van der Waals surface area contributed by atoms with Crippen molar-refractivity contribution >= 4 is 0 Å². The molecule has 3 heteroatoms. The van der Waals surface area contributed by atoms with Gasteiger partial charge in [0.2, 0.25) is 0 Å². The molecule has 0 spiro atoms. The van der Waals surface area contributed by atoms with Gasteiger partial charge in [0.05, 0.1) is 6.61 Å². The van der Waals surface area contributed by atoms with Gasteiger partial charge in [-0.1, -0.05) is 19.1 Å². The van der Waals surface area contributed by atoms with E-state index in [1.165, 1.54) is 6.07 Å². The molecule has 72 valence electrons. The van der Waals surface area contributed by atoms with Gasteiger partial charge in [0.15, 0.2) is 0 Å². The van der Waals surface area contributed by atoms with Crippen molar-refractivity contribution in [3.63, 3.8) is 0 Å². The highest BCUT2D eigenvalue weighted by atomic mass is 19.1. The highest BCUT2D eigenvalue weighted by Gasteiger charge is 2.06. The molecule has 0 heterocycles. The molecule has 1 aromatic rings. The van der Waals surface area contributed by atoms with Crippen molar-refractivity contribution in [1.29, 1.82) is 0 Å². The summed E-state index contributed by atoms with van der Waals surface area (Å²) >= 11 is 0. The topological polar surface area (TPSA) is 46.2 Å². The zero-order valence-electron chi connectivity index (χ0n) is 7.63. The van der Waals surface area contributed by atoms with Gasteiger partial charge in [-0.25, -0.2) is 4.39 Å². The number of nitrogens with two attached hydrogens (primary N) is 1. The fourth-order valence-corrected chi connectivity index (χ4v) is 1.16. The van der Waals surface area contributed by atoms with E-state index in [9.17, 15) is 4.39 Å². The van der Waals surface area contributed by atoms with Gasteiger partial charge in [0.25, 0.3) is 0 Å². The number of aliphatic hydroxyl groups excluding tert-OH is 1. The summed E-state index contributed by atoms with van der Waals surface area (Å²) in [6, 6.07) is 4.59. The quantitative estimate of drug-likeness (QED) is 0.749. The van der Waals surface area contributed by atoms with E-state index in [1.54, 1.807) is 12.1 Å². The van der Waals surface area contributed by atoms with E-state index in [2.05, 4.69) is 0 Å². The number of rotatable bonds is 3. The van der Waals surface area contributed by atoms with E-state index in [0.29, 0.717) is 5.56 Å². The molecule has 0 bridgehead atoms. The van der Waals surface area contributed by atoms with E-state index >= 15 is 0 Å². The molecule has 0 saturated heterocycles. The predicted molar refractivity (Wildman–Crippen MR) is 49.5 cm³/mol. The van der Waals surface area contributed by atoms with Crippen LogP contribution in [-0.2, 0) is 6.61 Å². The molecule has 1 aromatic carbocycles. The monoisotopic (exact) mass is 183 g/mol. The maximum Gasteiger partial charge on any atom is 0.129 e. The molecule has 0 aliphatic carbocycles. The second kappa shape index (κ2) is 4.35. The van der Waals surface area contributed by atoms with Crippen molar-refractivity contribution in [3.8, 4) is 0 Å². The molecule has 13 heavy (non-hydrogen) atoms. The molecular weight excluding hydrogens is 169 g/mol. The average molecular weight is 183 g/mol. The standard InChI is InChI=1S/C10H14FNO/c1-2-10(12)7-3-4-8(6-13)9(11)5-7/h3-5,10,13H,2,6,12H2,1H3/t10-/m1/s1. The largest absolute Gasteiger partial charge is 0.392 e. The molecule has 0 aliphatic heterocycles. The highest BCUT2D eigenvalue weighted by molar-refractivity contribution is 5.25. The minimum atomic E-state index is -0.385. The third kappa shape index (κ3) is 2.26. The Hall–Kier alpha value is -0.930. The van der Waals surface area contributed by atoms with E-state index in [0.717, 1.165) is 12.0 Å². The first-order valence-electron chi connectivity index (χ1n) is 4.33. The Morgan fingerprint density at radius 1 is 1.54 bits per heavy atom. The van der Waals surface area contributed by atoms with Crippen LogP contribution in [0.1, 0.15) is 30.5 Å². The first-order chi connectivity index (χ1) is 6.19. The Labute approximate surface area is 77.2 Å². The summed E-state index contributed by atoms with van der Waals surface area (Å²) in [6.45, 7) is 1.68. The zero-order chi connectivity index (χ0) is 9.84. The second-order valence-electron chi connectivity index (χ2n) is 3.02. The number of benzene rings is 1. The Bertz CT molecular complexity index is 288. The van der Waals surface area contributed by atoms with Crippen molar-refractivity contribution in [2.75, 3.05) is 0 Å². The third-order valence-corrected chi connectivity index (χ3v) is 2.12. The first kappa shape index (κ1) is 10.2. The van der Waals surface area contributed by atoms with Crippen LogP contribution in [0.25, 0.3) is 0 Å². The molecule has 3 N–H and O–H groups in total. The van der Waals surface area contributed by atoms with Crippen LogP contribution in [0.15, 0.2) is 18.2 Å². The van der Waals surface area contributed by atoms with Crippen LogP contribution in [0.5, 0.6) is 0 Å². The molecule has 0 radical (unpaired) electrons. The molecule has 0 aromatic heterocycles. The molecule has 0 saturated carbocycles. The summed E-state index contributed by atoms with van der Waals surface area (Å²) < 4.78 is 13.1. The Morgan fingerprint density at radius 2 is 2.23 bits per heavy atom. The lowest BCUT2D eigenvalue weighted by molar-refractivity contribution is 0.275. The van der Waals surface area contributed by atoms with Gasteiger partial charge in [-0.3, -0.25) is 0 Å². The lowest BCUT2D eigenvalue weighted by Crippen LogP contribution is -2.09. The molecule has 1 rings (SSSR count). The molecule has 2 nitrogen and oxygen atoms in total. The lowest BCUT2D eigenvalue weighted by atomic mass is 10.0. The molecule has 1 atom stereocenters. The van der Waals surface area contributed by atoms with Crippen LogP contribution >= 0.6 is 0 Å². The SMILES string of the molecule is CC[C@@H](N)c1ccc(CO)c(F)c1. The van der Waals surface area contributed by atoms with Crippen molar-refractivity contribution in [1.82, 2.24) is 0 Å². The summed E-state index contributed by atoms with van der Waals surface area (Å²) in [4.78, 5) is 0. The van der Waals surface area contributed by atoms with Crippen LogP contribution in [0, 0.1) is 5.82 Å². The summed E-state index contributed by atoms with van der Waals surface area (Å²) in [6.07, 6.45) is 0.776. The molecule has 0 fully saturated rings. The van der Waals surface area contributed by atoms with Crippen LogP contribution in [-0.4, -0.2) is 5.11 Å². The number of halogens is 1. The van der Waals surface area contributed by atoms with Crippen molar-refractivity contribution in [2.24, 2.45) is 5.73 Å². The normalized spacial score (nSPS) is 12.9. The van der Waals surface area contributed by atoms with Crippen LogP contribution in [0.3, 0.4) is 0 Å². The second-order valence-corrected chi connectivity index (χ2v) is 3.02. The zero-order valence-corrected chi connectivity index (χ0v) is 7.63. The smallest absolute Gasteiger partial charge is 0.129 e. The number of hydrogen-bond acceptors (Lipinski definition) is 2.